The van der Waals surface area contributed by atoms with Gasteiger partial charge in [-0.25, -0.2) is 0 Å². The summed E-state index contributed by atoms with van der Waals surface area (Å²) in [6.45, 7) is 0. The fourth-order valence-electron chi connectivity index (χ4n) is 1.45. The molecule has 2 rings (SSSR count). The van der Waals surface area contributed by atoms with Gasteiger partial charge in [0.05, 0.1) is 4.92 Å². The largest absolute Gasteiger partial charge is 0.306 e. The van der Waals surface area contributed by atoms with Gasteiger partial charge in [-0.15, -0.1) is 0 Å². The molecule has 0 unspecified atom stereocenters. The summed E-state index contributed by atoms with van der Waals surface area (Å²) in [6.07, 6.45) is 2.50. The molecule has 92 valence electrons. The van der Waals surface area contributed by atoms with Gasteiger partial charge in [-0.2, -0.15) is 0 Å². The number of nitrogens with zero attached hydrogens (tertiary/aromatic N) is 2. The highest BCUT2D eigenvalue weighted by Gasteiger charge is 2.19. The van der Waals surface area contributed by atoms with Gasteiger partial charge in [-0.3, -0.25) is 15.1 Å². The Kier molecular flexibility index (Phi) is 3.71. The quantitative estimate of drug-likeness (QED) is 0.601. The van der Waals surface area contributed by atoms with E-state index in [4.69, 9.17) is 34.8 Å². The molecule has 1 aromatic heterocycles. The van der Waals surface area contributed by atoms with Crippen molar-refractivity contribution in [2.75, 3.05) is 0 Å². The Morgan fingerprint density at radius 2 is 1.83 bits per heavy atom. The molecule has 4 nitrogen and oxygen atoms in total. The molecule has 1 heterocycles. The van der Waals surface area contributed by atoms with Crippen molar-refractivity contribution in [2.24, 2.45) is 0 Å². The SMILES string of the molecule is O=[N+]([O-])c1cncc(-c2cc(Cl)ccc2Cl)c1Cl. The minimum Gasteiger partial charge on any atom is -0.258 e. The zero-order chi connectivity index (χ0) is 13.3. The second-order valence-corrected chi connectivity index (χ2v) is 4.62. The smallest absolute Gasteiger partial charge is 0.258 e. The predicted molar refractivity (Wildman–Crippen MR) is 71.4 cm³/mol. The first kappa shape index (κ1) is 13.1. The summed E-state index contributed by atoms with van der Waals surface area (Å²) in [4.78, 5) is 14.0. The van der Waals surface area contributed by atoms with E-state index in [2.05, 4.69) is 4.98 Å². The van der Waals surface area contributed by atoms with Crippen LogP contribution in [0.4, 0.5) is 5.69 Å². The molecule has 0 atom stereocenters. The van der Waals surface area contributed by atoms with Crippen LogP contribution in [-0.4, -0.2) is 9.91 Å². The zero-order valence-corrected chi connectivity index (χ0v) is 11.0. The average molecular weight is 304 g/mol. The highest BCUT2D eigenvalue weighted by Crippen LogP contribution is 2.38. The van der Waals surface area contributed by atoms with Crippen molar-refractivity contribution in [3.63, 3.8) is 0 Å². The number of aromatic nitrogens is 1. The van der Waals surface area contributed by atoms with Gasteiger partial charge in [0.2, 0.25) is 0 Å². The molecule has 18 heavy (non-hydrogen) atoms. The normalized spacial score (nSPS) is 10.4. The van der Waals surface area contributed by atoms with E-state index < -0.39 is 4.92 Å². The summed E-state index contributed by atoms with van der Waals surface area (Å²) in [5.74, 6) is 0. The number of hydrogen-bond donors (Lipinski definition) is 0. The van der Waals surface area contributed by atoms with Crippen LogP contribution in [0, 0.1) is 10.1 Å². The standard InChI is InChI=1S/C11H5Cl3N2O2/c12-6-1-2-9(13)7(3-6)8-4-15-5-10(11(8)14)16(17)18/h1-5H. The average Bonchev–Trinajstić information content (AvgIpc) is 2.32. The van der Waals surface area contributed by atoms with E-state index in [9.17, 15) is 10.1 Å². The molecule has 0 fully saturated rings. The van der Waals surface area contributed by atoms with Crippen LogP contribution in [-0.2, 0) is 0 Å². The molecule has 0 N–H and O–H groups in total. The Bertz CT molecular complexity index is 632. The third-order valence-electron chi connectivity index (χ3n) is 2.28. The first-order valence-corrected chi connectivity index (χ1v) is 5.87. The molecule has 0 bridgehead atoms. The van der Waals surface area contributed by atoms with Gasteiger partial charge in [-0.05, 0) is 18.2 Å². The van der Waals surface area contributed by atoms with Gasteiger partial charge in [0.1, 0.15) is 11.2 Å². The Labute approximate surface area is 117 Å². The number of rotatable bonds is 2. The lowest BCUT2D eigenvalue weighted by molar-refractivity contribution is -0.385. The topological polar surface area (TPSA) is 56.0 Å². The number of pyridine rings is 1. The highest BCUT2D eigenvalue weighted by atomic mass is 35.5. The van der Waals surface area contributed by atoms with Crippen LogP contribution in [0.1, 0.15) is 0 Å². The van der Waals surface area contributed by atoms with E-state index in [1.807, 2.05) is 0 Å². The maximum atomic E-state index is 10.8. The third-order valence-corrected chi connectivity index (χ3v) is 3.24. The summed E-state index contributed by atoms with van der Waals surface area (Å²) in [5.41, 5.74) is 0.606. The van der Waals surface area contributed by atoms with Crippen LogP contribution >= 0.6 is 34.8 Å². The number of benzene rings is 1. The molecule has 0 spiro atoms. The van der Waals surface area contributed by atoms with E-state index in [0.29, 0.717) is 21.2 Å². The van der Waals surface area contributed by atoms with Crippen molar-refractivity contribution in [3.05, 3.63) is 55.8 Å². The molecular formula is C11H5Cl3N2O2. The molecule has 2 aromatic rings. The van der Waals surface area contributed by atoms with Crippen molar-refractivity contribution in [1.29, 1.82) is 0 Å². The summed E-state index contributed by atoms with van der Waals surface area (Å²) in [7, 11) is 0. The molecule has 0 saturated heterocycles. The molecule has 1 aromatic carbocycles. The van der Waals surface area contributed by atoms with Crippen LogP contribution in [0.2, 0.25) is 15.1 Å². The Hall–Kier alpha value is -1.36. The number of nitro groups is 1. The lowest BCUT2D eigenvalue weighted by Crippen LogP contribution is -1.93. The maximum absolute atomic E-state index is 10.8. The van der Waals surface area contributed by atoms with E-state index in [0.717, 1.165) is 6.20 Å². The Morgan fingerprint density at radius 1 is 1.11 bits per heavy atom. The zero-order valence-electron chi connectivity index (χ0n) is 8.73. The van der Waals surface area contributed by atoms with Gasteiger partial charge >= 0.3 is 5.69 Å². The van der Waals surface area contributed by atoms with Gasteiger partial charge in [0, 0.05) is 27.4 Å². The molecule has 0 aliphatic heterocycles. The van der Waals surface area contributed by atoms with Crippen molar-refractivity contribution < 1.29 is 4.92 Å². The van der Waals surface area contributed by atoms with Crippen LogP contribution in [0.5, 0.6) is 0 Å². The van der Waals surface area contributed by atoms with Crippen molar-refractivity contribution >= 4 is 40.5 Å². The molecular weight excluding hydrogens is 298 g/mol. The summed E-state index contributed by atoms with van der Waals surface area (Å²) in [5, 5.41) is 11.6. The first-order chi connectivity index (χ1) is 8.50. The third kappa shape index (κ3) is 2.41. The van der Waals surface area contributed by atoms with E-state index in [1.165, 1.54) is 6.20 Å². The van der Waals surface area contributed by atoms with Gasteiger partial charge in [0.15, 0.2) is 0 Å². The summed E-state index contributed by atoms with van der Waals surface area (Å²) in [6, 6.07) is 4.79. The van der Waals surface area contributed by atoms with Crippen molar-refractivity contribution in [2.45, 2.75) is 0 Å². The maximum Gasteiger partial charge on any atom is 0.306 e. The minimum absolute atomic E-state index is 0.0147. The summed E-state index contributed by atoms with van der Waals surface area (Å²) < 4.78 is 0. The van der Waals surface area contributed by atoms with Crippen molar-refractivity contribution in [3.8, 4) is 11.1 Å². The van der Waals surface area contributed by atoms with Crippen LogP contribution < -0.4 is 0 Å². The summed E-state index contributed by atoms with van der Waals surface area (Å²) >= 11 is 17.9. The molecule has 0 aliphatic rings. The lowest BCUT2D eigenvalue weighted by Gasteiger charge is -2.06. The molecule has 7 heteroatoms. The number of hydrogen-bond acceptors (Lipinski definition) is 3. The lowest BCUT2D eigenvalue weighted by atomic mass is 10.1. The second kappa shape index (κ2) is 5.10. The van der Waals surface area contributed by atoms with Crippen LogP contribution in [0.15, 0.2) is 30.6 Å². The fraction of sp³-hybridized carbons (Fsp3) is 0. The monoisotopic (exact) mass is 302 g/mol. The van der Waals surface area contributed by atoms with E-state index >= 15 is 0 Å². The highest BCUT2D eigenvalue weighted by molar-refractivity contribution is 6.38. The Balaban J connectivity index is 2.68. The molecule has 0 amide bonds. The van der Waals surface area contributed by atoms with Gasteiger partial charge in [-0.1, -0.05) is 34.8 Å². The molecule has 0 radical (unpaired) electrons. The predicted octanol–water partition coefficient (Wildman–Crippen LogP) is 4.62. The fourth-order valence-corrected chi connectivity index (χ4v) is 2.11. The molecule has 0 aliphatic carbocycles. The van der Waals surface area contributed by atoms with E-state index in [-0.39, 0.29) is 10.7 Å². The van der Waals surface area contributed by atoms with E-state index in [1.54, 1.807) is 18.2 Å². The minimum atomic E-state index is -0.600. The second-order valence-electron chi connectivity index (χ2n) is 3.40. The van der Waals surface area contributed by atoms with Gasteiger partial charge in [0.25, 0.3) is 0 Å². The molecule has 0 saturated carbocycles. The van der Waals surface area contributed by atoms with Crippen LogP contribution in [0.25, 0.3) is 11.1 Å². The number of halogens is 3. The Morgan fingerprint density at radius 3 is 2.50 bits per heavy atom. The first-order valence-electron chi connectivity index (χ1n) is 4.74. The van der Waals surface area contributed by atoms with Gasteiger partial charge < -0.3 is 0 Å². The van der Waals surface area contributed by atoms with Crippen LogP contribution in [0.3, 0.4) is 0 Å². The van der Waals surface area contributed by atoms with Crippen molar-refractivity contribution in [1.82, 2.24) is 4.98 Å².